The van der Waals surface area contributed by atoms with Crippen LogP contribution in [0.1, 0.15) is 49.7 Å². The van der Waals surface area contributed by atoms with E-state index in [1.165, 1.54) is 17.5 Å². The van der Waals surface area contributed by atoms with Crippen LogP contribution in [0.5, 0.6) is 0 Å². The number of nitrogens with one attached hydrogen (secondary N) is 2. The lowest BCUT2D eigenvalue weighted by Crippen LogP contribution is -2.32. The molecule has 1 unspecified atom stereocenters. The van der Waals surface area contributed by atoms with E-state index in [0.717, 1.165) is 6.42 Å². The minimum Gasteiger partial charge on any atom is -0.303 e. The molecule has 2 aromatic rings. The highest BCUT2D eigenvalue weighted by molar-refractivity contribution is 5.38. The fourth-order valence-electron chi connectivity index (χ4n) is 2.90. The van der Waals surface area contributed by atoms with Crippen molar-refractivity contribution in [1.82, 2.24) is 25.9 Å². The van der Waals surface area contributed by atoms with E-state index < -0.39 is 0 Å². The molecule has 0 spiro atoms. The summed E-state index contributed by atoms with van der Waals surface area (Å²) in [6.07, 6.45) is 2.33. The zero-order chi connectivity index (χ0) is 13.3. The maximum atomic E-state index is 3.98. The van der Waals surface area contributed by atoms with Gasteiger partial charge in [0, 0.05) is 6.04 Å². The Morgan fingerprint density at radius 2 is 2.21 bits per heavy atom. The monoisotopic (exact) mass is 257 g/mol. The smallest absolute Gasteiger partial charge is 0.188 e. The summed E-state index contributed by atoms with van der Waals surface area (Å²) in [5.74, 6) is 0.710. The fraction of sp³-hybridized carbons (Fsp3) is 0.500. The molecule has 3 rings (SSSR count). The van der Waals surface area contributed by atoms with Crippen LogP contribution in [0.2, 0.25) is 0 Å². The summed E-state index contributed by atoms with van der Waals surface area (Å²) in [5.41, 5.74) is 3.12. The number of benzene rings is 1. The van der Waals surface area contributed by atoms with Gasteiger partial charge in [0.25, 0.3) is 0 Å². The maximum absolute atomic E-state index is 3.98. The topological polar surface area (TPSA) is 66.5 Å². The van der Waals surface area contributed by atoms with Crippen molar-refractivity contribution in [3.05, 3.63) is 41.2 Å². The van der Waals surface area contributed by atoms with Crippen molar-refractivity contribution >= 4 is 0 Å². The van der Waals surface area contributed by atoms with Crippen LogP contribution in [0, 0.1) is 0 Å². The first kappa shape index (κ1) is 12.3. The van der Waals surface area contributed by atoms with Crippen molar-refractivity contribution in [3.8, 4) is 0 Å². The number of hydrogen-bond acceptors (Lipinski definition) is 4. The number of aromatic nitrogens is 4. The quantitative estimate of drug-likeness (QED) is 0.883. The van der Waals surface area contributed by atoms with Gasteiger partial charge in [0.15, 0.2) is 5.82 Å². The second-order valence-electron chi connectivity index (χ2n) is 5.77. The lowest BCUT2D eigenvalue weighted by atomic mass is 9.71. The molecule has 1 aromatic heterocycles. The Kier molecular flexibility index (Phi) is 3.06. The predicted octanol–water partition coefficient (Wildman–Crippen LogP) is 2.10. The van der Waals surface area contributed by atoms with E-state index in [-0.39, 0.29) is 5.41 Å². The lowest BCUT2D eigenvalue weighted by molar-refractivity contribution is 0.355. The summed E-state index contributed by atoms with van der Waals surface area (Å²) in [6, 6.07) is 9.09. The van der Waals surface area contributed by atoms with Crippen molar-refractivity contribution in [2.75, 3.05) is 0 Å². The molecule has 5 heteroatoms. The Morgan fingerprint density at radius 3 is 3.00 bits per heavy atom. The van der Waals surface area contributed by atoms with Crippen molar-refractivity contribution in [3.63, 3.8) is 0 Å². The lowest BCUT2D eigenvalue weighted by Gasteiger charge is -2.37. The first-order chi connectivity index (χ1) is 9.17. The van der Waals surface area contributed by atoms with Gasteiger partial charge in [-0.1, -0.05) is 43.3 Å². The van der Waals surface area contributed by atoms with Crippen LogP contribution < -0.4 is 5.32 Å². The molecule has 1 aliphatic rings. The number of H-pyrrole nitrogens is 1. The Balaban J connectivity index is 1.80. The average molecular weight is 257 g/mol. The molecule has 100 valence electrons. The maximum Gasteiger partial charge on any atom is 0.188 e. The Morgan fingerprint density at radius 1 is 1.37 bits per heavy atom. The minimum atomic E-state index is 0.265. The summed E-state index contributed by atoms with van der Waals surface area (Å²) in [7, 11) is 0. The highest BCUT2D eigenvalue weighted by Crippen LogP contribution is 2.41. The first-order valence-corrected chi connectivity index (χ1v) is 6.72. The van der Waals surface area contributed by atoms with Gasteiger partial charge in [-0.15, -0.1) is 10.2 Å². The third-order valence-electron chi connectivity index (χ3n) is 4.02. The summed E-state index contributed by atoms with van der Waals surface area (Å²) >= 11 is 0. The van der Waals surface area contributed by atoms with Crippen LogP contribution in [0.4, 0.5) is 0 Å². The molecule has 1 aliphatic carbocycles. The number of tetrazole rings is 1. The second-order valence-corrected chi connectivity index (χ2v) is 5.77. The summed E-state index contributed by atoms with van der Waals surface area (Å²) in [5, 5.41) is 17.5. The van der Waals surface area contributed by atoms with E-state index in [9.17, 15) is 0 Å². The van der Waals surface area contributed by atoms with E-state index >= 15 is 0 Å². The third-order valence-corrected chi connectivity index (χ3v) is 4.02. The van der Waals surface area contributed by atoms with E-state index in [0.29, 0.717) is 18.4 Å². The molecular formula is C14H19N5. The SMILES string of the molecule is CC1(C)CCC(NCc2nn[nH]n2)c2ccccc21. The number of aromatic amines is 1. The Hall–Kier alpha value is -1.75. The molecule has 0 amide bonds. The average Bonchev–Trinajstić information content (AvgIpc) is 2.91. The molecule has 0 saturated carbocycles. The van der Waals surface area contributed by atoms with Gasteiger partial charge in [0.1, 0.15) is 0 Å². The van der Waals surface area contributed by atoms with Crippen molar-refractivity contribution < 1.29 is 0 Å². The molecule has 1 atom stereocenters. The summed E-state index contributed by atoms with van der Waals surface area (Å²) < 4.78 is 0. The predicted molar refractivity (Wildman–Crippen MR) is 72.5 cm³/mol. The van der Waals surface area contributed by atoms with Gasteiger partial charge in [-0.05, 0) is 29.4 Å². The van der Waals surface area contributed by atoms with Crippen molar-refractivity contribution in [2.24, 2.45) is 0 Å². The summed E-state index contributed by atoms with van der Waals surface area (Å²) in [6.45, 7) is 5.29. The van der Waals surface area contributed by atoms with Gasteiger partial charge in [0.05, 0.1) is 6.54 Å². The first-order valence-electron chi connectivity index (χ1n) is 6.72. The summed E-state index contributed by atoms with van der Waals surface area (Å²) in [4.78, 5) is 0. The van der Waals surface area contributed by atoms with Crippen molar-refractivity contribution in [1.29, 1.82) is 0 Å². The van der Waals surface area contributed by atoms with Gasteiger partial charge < -0.3 is 5.32 Å². The zero-order valence-electron chi connectivity index (χ0n) is 11.3. The highest BCUT2D eigenvalue weighted by Gasteiger charge is 2.31. The van der Waals surface area contributed by atoms with Crippen LogP contribution >= 0.6 is 0 Å². The molecule has 0 saturated heterocycles. The number of fused-ring (bicyclic) bond motifs is 1. The molecule has 0 fully saturated rings. The molecule has 1 aromatic carbocycles. The van der Waals surface area contributed by atoms with E-state index in [1.54, 1.807) is 0 Å². The van der Waals surface area contributed by atoms with E-state index in [1.807, 2.05) is 0 Å². The van der Waals surface area contributed by atoms with Crippen LogP contribution in [-0.4, -0.2) is 20.6 Å². The molecule has 0 bridgehead atoms. The Labute approximate surface area is 112 Å². The molecular weight excluding hydrogens is 238 g/mol. The van der Waals surface area contributed by atoms with Gasteiger partial charge >= 0.3 is 0 Å². The molecule has 0 radical (unpaired) electrons. The number of nitrogens with zero attached hydrogens (tertiary/aromatic N) is 3. The van der Waals surface area contributed by atoms with E-state index in [4.69, 9.17) is 0 Å². The second kappa shape index (κ2) is 4.74. The van der Waals surface area contributed by atoms with Gasteiger partial charge in [-0.25, -0.2) is 0 Å². The molecule has 2 N–H and O–H groups in total. The third kappa shape index (κ3) is 2.38. The van der Waals surface area contributed by atoms with Gasteiger partial charge in [0.2, 0.25) is 0 Å². The molecule has 1 heterocycles. The normalized spacial score (nSPS) is 21.1. The number of hydrogen-bond donors (Lipinski definition) is 2. The van der Waals surface area contributed by atoms with Crippen LogP contribution in [0.15, 0.2) is 24.3 Å². The zero-order valence-corrected chi connectivity index (χ0v) is 11.3. The standard InChI is InChI=1S/C14H19N5/c1-14(2)8-7-12(10-5-3-4-6-11(10)14)15-9-13-16-18-19-17-13/h3-6,12,15H,7-9H2,1-2H3,(H,16,17,18,19). The molecule has 5 nitrogen and oxygen atoms in total. The fourth-order valence-corrected chi connectivity index (χ4v) is 2.90. The molecule has 19 heavy (non-hydrogen) atoms. The van der Waals surface area contributed by atoms with Crippen LogP contribution in [-0.2, 0) is 12.0 Å². The number of rotatable bonds is 3. The van der Waals surface area contributed by atoms with Crippen molar-refractivity contribution in [2.45, 2.75) is 44.7 Å². The highest BCUT2D eigenvalue weighted by atomic mass is 15.5. The van der Waals surface area contributed by atoms with Gasteiger partial charge in [-0.2, -0.15) is 5.21 Å². The van der Waals surface area contributed by atoms with Gasteiger partial charge in [-0.3, -0.25) is 0 Å². The minimum absolute atomic E-state index is 0.265. The van der Waals surface area contributed by atoms with Crippen LogP contribution in [0.3, 0.4) is 0 Å². The van der Waals surface area contributed by atoms with E-state index in [2.05, 4.69) is 64.1 Å². The van der Waals surface area contributed by atoms with Crippen LogP contribution in [0.25, 0.3) is 0 Å². The molecule has 0 aliphatic heterocycles. The Bertz CT molecular complexity index is 547. The largest absolute Gasteiger partial charge is 0.303 e.